The van der Waals surface area contributed by atoms with Crippen molar-refractivity contribution in [3.8, 4) is 0 Å². The Bertz CT molecular complexity index is 866. The number of morpholine rings is 1. The second kappa shape index (κ2) is 5.77. The van der Waals surface area contributed by atoms with Crippen molar-refractivity contribution in [2.24, 2.45) is 35.5 Å². The number of hydrogen-bond donors (Lipinski definition) is 0. The first kappa shape index (κ1) is 16.5. The molecule has 7 rings (SSSR count). The predicted octanol–water partition coefficient (Wildman–Crippen LogP) is 1.72. The first-order chi connectivity index (χ1) is 13.6. The number of rotatable bonds is 2. The molecule has 0 unspecified atom stereocenters. The molecular formula is C22H22N2O4. The van der Waals surface area contributed by atoms with Crippen molar-refractivity contribution in [1.82, 2.24) is 4.90 Å². The Labute approximate surface area is 163 Å². The van der Waals surface area contributed by atoms with Gasteiger partial charge < -0.3 is 9.64 Å². The molecule has 3 amide bonds. The van der Waals surface area contributed by atoms with E-state index in [0.717, 1.165) is 6.42 Å². The van der Waals surface area contributed by atoms with Gasteiger partial charge in [-0.05, 0) is 54.4 Å². The van der Waals surface area contributed by atoms with E-state index in [2.05, 4.69) is 12.2 Å². The van der Waals surface area contributed by atoms with E-state index in [4.69, 9.17) is 4.74 Å². The first-order valence-electron chi connectivity index (χ1n) is 10.2. The van der Waals surface area contributed by atoms with Crippen LogP contribution in [-0.2, 0) is 14.3 Å². The lowest BCUT2D eigenvalue weighted by molar-refractivity contribution is -0.124. The standard InChI is InChI=1S/C22H22N2O4/c25-20(23-7-9-28-10-8-23)12-1-3-13(4-2-12)24-21(26)18-14-5-6-15(17-11-16(14)17)19(18)22(24)27/h1-6,14-19H,7-11H2/t14-,15+,16-,17-,18+,19-/m1/s1. The second-order valence-corrected chi connectivity index (χ2v) is 8.62. The minimum absolute atomic E-state index is 0.0371. The van der Waals surface area contributed by atoms with Gasteiger partial charge in [-0.1, -0.05) is 12.2 Å². The summed E-state index contributed by atoms with van der Waals surface area (Å²) >= 11 is 0. The van der Waals surface area contributed by atoms with E-state index in [9.17, 15) is 14.4 Å². The highest BCUT2D eigenvalue weighted by Crippen LogP contribution is 2.65. The largest absolute Gasteiger partial charge is 0.378 e. The van der Waals surface area contributed by atoms with Crippen LogP contribution in [0.25, 0.3) is 0 Å². The fraction of sp³-hybridized carbons (Fsp3) is 0.500. The lowest BCUT2D eigenvalue weighted by atomic mass is 9.63. The molecule has 2 bridgehead atoms. The lowest BCUT2D eigenvalue weighted by Gasteiger charge is -2.37. The highest BCUT2D eigenvalue weighted by Gasteiger charge is 2.67. The van der Waals surface area contributed by atoms with Gasteiger partial charge in [0.05, 0.1) is 30.7 Å². The predicted molar refractivity (Wildman–Crippen MR) is 100 cm³/mol. The summed E-state index contributed by atoms with van der Waals surface area (Å²) in [5, 5.41) is 0. The topological polar surface area (TPSA) is 66.9 Å². The monoisotopic (exact) mass is 378 g/mol. The van der Waals surface area contributed by atoms with E-state index in [0.29, 0.717) is 49.4 Å². The smallest absolute Gasteiger partial charge is 0.254 e. The molecule has 6 nitrogen and oxygen atoms in total. The fourth-order valence-electron chi connectivity index (χ4n) is 5.91. The number of carbonyl (C=O) groups is 3. The van der Waals surface area contributed by atoms with Crippen LogP contribution in [0.3, 0.4) is 0 Å². The zero-order valence-electron chi connectivity index (χ0n) is 15.5. The molecule has 4 fully saturated rings. The van der Waals surface area contributed by atoms with Gasteiger partial charge in [0.1, 0.15) is 0 Å². The van der Waals surface area contributed by atoms with Gasteiger partial charge in [0.2, 0.25) is 11.8 Å². The molecule has 4 aliphatic carbocycles. The van der Waals surface area contributed by atoms with E-state index in [-0.39, 0.29) is 41.4 Å². The molecule has 0 N–H and O–H groups in total. The Hall–Kier alpha value is -2.47. The third kappa shape index (κ3) is 2.15. The number of hydrogen-bond acceptors (Lipinski definition) is 4. The van der Waals surface area contributed by atoms with Crippen molar-refractivity contribution in [2.45, 2.75) is 6.42 Å². The summed E-state index contributed by atoms with van der Waals surface area (Å²) in [5.74, 6) is 1.10. The molecule has 28 heavy (non-hydrogen) atoms. The number of nitrogens with zero attached hydrogens (tertiary/aromatic N) is 2. The van der Waals surface area contributed by atoms with Crippen LogP contribution in [0.4, 0.5) is 5.69 Å². The van der Waals surface area contributed by atoms with Crippen LogP contribution in [0.5, 0.6) is 0 Å². The molecule has 2 saturated carbocycles. The van der Waals surface area contributed by atoms with Crippen molar-refractivity contribution in [3.05, 3.63) is 42.0 Å². The number of allylic oxidation sites excluding steroid dienone is 2. The molecule has 2 saturated heterocycles. The maximum Gasteiger partial charge on any atom is 0.254 e. The summed E-state index contributed by atoms with van der Waals surface area (Å²) in [6.45, 7) is 2.29. The van der Waals surface area contributed by atoms with E-state index < -0.39 is 0 Å². The van der Waals surface area contributed by atoms with Gasteiger partial charge in [-0.15, -0.1) is 0 Å². The van der Waals surface area contributed by atoms with Gasteiger partial charge in [0.25, 0.3) is 5.91 Å². The molecule has 6 atom stereocenters. The molecule has 0 aromatic heterocycles. The van der Waals surface area contributed by atoms with Crippen molar-refractivity contribution >= 4 is 23.4 Å². The van der Waals surface area contributed by atoms with Crippen LogP contribution in [0, 0.1) is 35.5 Å². The summed E-state index contributed by atoms with van der Waals surface area (Å²) in [7, 11) is 0. The minimum atomic E-state index is -0.194. The fourth-order valence-corrected chi connectivity index (χ4v) is 5.91. The number of ether oxygens (including phenoxy) is 1. The summed E-state index contributed by atoms with van der Waals surface area (Å²) < 4.78 is 5.29. The van der Waals surface area contributed by atoms with Gasteiger partial charge >= 0.3 is 0 Å². The SMILES string of the molecule is O=C(c1ccc(N2C(=O)[C@@H]3[C@H]4C=C[C@H]([C@H]5C[C@H]45)[C@@H]3C2=O)cc1)N1CCOCC1. The molecule has 1 aromatic rings. The highest BCUT2D eigenvalue weighted by molar-refractivity contribution is 6.22. The Morgan fingerprint density at radius 2 is 1.46 bits per heavy atom. The van der Waals surface area contributed by atoms with Crippen LogP contribution < -0.4 is 4.90 Å². The van der Waals surface area contributed by atoms with Crippen LogP contribution in [0.2, 0.25) is 0 Å². The average molecular weight is 378 g/mol. The van der Waals surface area contributed by atoms with Gasteiger partial charge in [0, 0.05) is 18.7 Å². The van der Waals surface area contributed by atoms with Crippen molar-refractivity contribution in [2.75, 3.05) is 31.2 Å². The van der Waals surface area contributed by atoms with Crippen molar-refractivity contribution < 1.29 is 19.1 Å². The molecule has 2 aliphatic heterocycles. The molecule has 1 aromatic carbocycles. The zero-order valence-corrected chi connectivity index (χ0v) is 15.5. The van der Waals surface area contributed by atoms with Crippen LogP contribution in [-0.4, -0.2) is 48.9 Å². The van der Waals surface area contributed by atoms with E-state index in [1.165, 1.54) is 4.90 Å². The summed E-state index contributed by atoms with van der Waals surface area (Å²) in [5.41, 5.74) is 1.15. The van der Waals surface area contributed by atoms with Crippen LogP contribution >= 0.6 is 0 Å². The van der Waals surface area contributed by atoms with Gasteiger partial charge in [-0.3, -0.25) is 19.3 Å². The van der Waals surface area contributed by atoms with E-state index in [1.54, 1.807) is 29.2 Å². The number of carbonyl (C=O) groups excluding carboxylic acids is 3. The van der Waals surface area contributed by atoms with Gasteiger partial charge in [-0.25, -0.2) is 0 Å². The van der Waals surface area contributed by atoms with Gasteiger partial charge in [0.15, 0.2) is 0 Å². The van der Waals surface area contributed by atoms with Crippen molar-refractivity contribution in [3.63, 3.8) is 0 Å². The molecule has 0 radical (unpaired) electrons. The maximum absolute atomic E-state index is 13.2. The first-order valence-corrected chi connectivity index (χ1v) is 10.2. The normalized spacial score (nSPS) is 37.9. The summed E-state index contributed by atoms with van der Waals surface area (Å²) in [6, 6.07) is 6.91. The minimum Gasteiger partial charge on any atom is -0.378 e. The van der Waals surface area contributed by atoms with Crippen LogP contribution in [0.15, 0.2) is 36.4 Å². The average Bonchev–Trinajstić information content (AvgIpc) is 3.52. The highest BCUT2D eigenvalue weighted by atomic mass is 16.5. The number of imide groups is 1. The molecular weight excluding hydrogens is 356 g/mol. The zero-order chi connectivity index (χ0) is 19.0. The molecule has 2 heterocycles. The van der Waals surface area contributed by atoms with Gasteiger partial charge in [-0.2, -0.15) is 0 Å². The Balaban J connectivity index is 1.26. The Kier molecular flexibility index (Phi) is 3.39. The number of anilines is 1. The molecule has 0 spiro atoms. The van der Waals surface area contributed by atoms with Crippen LogP contribution in [0.1, 0.15) is 16.8 Å². The molecule has 6 heteroatoms. The van der Waals surface area contributed by atoms with E-state index >= 15 is 0 Å². The second-order valence-electron chi connectivity index (χ2n) is 8.62. The molecule has 6 aliphatic rings. The van der Waals surface area contributed by atoms with Crippen molar-refractivity contribution in [1.29, 1.82) is 0 Å². The number of benzene rings is 1. The quantitative estimate of drug-likeness (QED) is 0.581. The van der Waals surface area contributed by atoms with E-state index in [1.807, 2.05) is 0 Å². The Morgan fingerprint density at radius 3 is 2.04 bits per heavy atom. The maximum atomic E-state index is 13.2. The number of amides is 3. The lowest BCUT2D eigenvalue weighted by Crippen LogP contribution is -2.40. The summed E-state index contributed by atoms with van der Waals surface area (Å²) in [4.78, 5) is 42.1. The third-order valence-corrected chi connectivity index (χ3v) is 7.33. The third-order valence-electron chi connectivity index (χ3n) is 7.33. The summed E-state index contributed by atoms with van der Waals surface area (Å²) in [6.07, 6.45) is 5.52. The Morgan fingerprint density at radius 1 is 0.893 bits per heavy atom. The molecule has 144 valence electrons.